The summed E-state index contributed by atoms with van der Waals surface area (Å²) in [5.74, 6) is 0. The molecular formula is C17H22N8. The van der Waals surface area contributed by atoms with Crippen molar-refractivity contribution in [3.05, 3.63) is 54.9 Å². The van der Waals surface area contributed by atoms with Crippen LogP contribution in [-0.4, -0.2) is 72.8 Å². The van der Waals surface area contributed by atoms with Gasteiger partial charge in [-0.05, 0) is 32.3 Å². The summed E-state index contributed by atoms with van der Waals surface area (Å²) in [6.45, 7) is 2.77. The molecule has 4 heterocycles. The van der Waals surface area contributed by atoms with Gasteiger partial charge in [0.25, 0.3) is 0 Å². The average Bonchev–Trinajstić information content (AvgIpc) is 3.36. The molecule has 0 saturated carbocycles. The first-order valence-corrected chi connectivity index (χ1v) is 8.40. The van der Waals surface area contributed by atoms with Crippen molar-refractivity contribution in [2.45, 2.75) is 18.6 Å². The van der Waals surface area contributed by atoms with Crippen molar-refractivity contribution in [1.82, 2.24) is 39.6 Å². The maximum absolute atomic E-state index is 4.48. The third-order valence-corrected chi connectivity index (χ3v) is 4.79. The molecule has 3 aromatic rings. The molecule has 0 N–H and O–H groups in total. The average molecular weight is 338 g/mol. The molecule has 0 radical (unpaired) electrons. The van der Waals surface area contributed by atoms with E-state index < -0.39 is 0 Å². The van der Waals surface area contributed by atoms with Crippen molar-refractivity contribution in [2.24, 2.45) is 0 Å². The van der Waals surface area contributed by atoms with Crippen LogP contribution in [0, 0.1) is 0 Å². The Kier molecular flexibility index (Phi) is 4.29. The lowest BCUT2D eigenvalue weighted by Crippen LogP contribution is -2.36. The van der Waals surface area contributed by atoms with E-state index in [1.165, 1.54) is 5.69 Å². The quantitative estimate of drug-likeness (QED) is 0.687. The minimum absolute atomic E-state index is 0.301. The molecule has 0 bridgehead atoms. The number of hydrogen-bond acceptors (Lipinski definition) is 6. The largest absolute Gasteiger partial charge is 0.303 e. The predicted octanol–water partition coefficient (Wildman–Crippen LogP) is 0.846. The second-order valence-corrected chi connectivity index (χ2v) is 6.62. The Bertz CT molecular complexity index is 795. The number of aromatic nitrogens is 6. The minimum Gasteiger partial charge on any atom is -0.303 e. The Morgan fingerprint density at radius 1 is 1.08 bits per heavy atom. The van der Waals surface area contributed by atoms with Gasteiger partial charge in [0, 0.05) is 50.5 Å². The number of rotatable bonds is 5. The van der Waals surface area contributed by atoms with E-state index in [1.807, 2.05) is 33.9 Å². The van der Waals surface area contributed by atoms with Crippen LogP contribution in [0.15, 0.2) is 49.2 Å². The number of pyridine rings is 1. The summed E-state index contributed by atoms with van der Waals surface area (Å²) >= 11 is 0. The van der Waals surface area contributed by atoms with Gasteiger partial charge in [0.05, 0.1) is 23.6 Å². The Morgan fingerprint density at radius 3 is 2.64 bits per heavy atom. The third-order valence-electron chi connectivity index (χ3n) is 4.79. The second kappa shape index (κ2) is 6.73. The van der Waals surface area contributed by atoms with E-state index in [0.717, 1.165) is 25.3 Å². The van der Waals surface area contributed by atoms with Crippen LogP contribution in [0.25, 0.3) is 5.69 Å². The summed E-state index contributed by atoms with van der Waals surface area (Å²) in [5, 5.41) is 12.7. The molecule has 0 amide bonds. The van der Waals surface area contributed by atoms with Gasteiger partial charge in [-0.2, -0.15) is 5.10 Å². The lowest BCUT2D eigenvalue weighted by Gasteiger charge is -2.24. The van der Waals surface area contributed by atoms with Crippen LogP contribution in [0.4, 0.5) is 0 Å². The van der Waals surface area contributed by atoms with Gasteiger partial charge in [-0.15, -0.1) is 5.10 Å². The Hall–Kier alpha value is -2.58. The van der Waals surface area contributed by atoms with Gasteiger partial charge < -0.3 is 4.90 Å². The lowest BCUT2D eigenvalue weighted by atomic mass is 10.1. The monoisotopic (exact) mass is 338 g/mol. The maximum atomic E-state index is 4.48. The topological polar surface area (TPSA) is 67.9 Å². The van der Waals surface area contributed by atoms with E-state index in [9.17, 15) is 0 Å². The van der Waals surface area contributed by atoms with Crippen LogP contribution < -0.4 is 0 Å². The van der Waals surface area contributed by atoms with Crippen molar-refractivity contribution >= 4 is 0 Å². The van der Waals surface area contributed by atoms with Gasteiger partial charge in [-0.1, -0.05) is 5.21 Å². The second-order valence-electron chi connectivity index (χ2n) is 6.62. The molecule has 1 saturated heterocycles. The summed E-state index contributed by atoms with van der Waals surface area (Å²) in [5.41, 5.74) is 2.20. The first-order valence-electron chi connectivity index (χ1n) is 8.40. The summed E-state index contributed by atoms with van der Waals surface area (Å²) in [4.78, 5) is 8.80. The molecule has 8 heteroatoms. The fraction of sp³-hybridized carbons (Fsp3) is 0.412. The zero-order chi connectivity index (χ0) is 17.2. The zero-order valence-electron chi connectivity index (χ0n) is 14.5. The van der Waals surface area contributed by atoms with Crippen LogP contribution >= 0.6 is 0 Å². The van der Waals surface area contributed by atoms with Crippen molar-refractivity contribution in [3.63, 3.8) is 0 Å². The molecule has 25 heavy (non-hydrogen) atoms. The van der Waals surface area contributed by atoms with E-state index in [4.69, 9.17) is 0 Å². The van der Waals surface area contributed by atoms with E-state index in [0.29, 0.717) is 12.1 Å². The predicted molar refractivity (Wildman–Crippen MR) is 93.2 cm³/mol. The molecule has 1 aliphatic heterocycles. The Balaban J connectivity index is 1.54. The number of hydrogen-bond donors (Lipinski definition) is 0. The lowest BCUT2D eigenvalue weighted by molar-refractivity contribution is 0.237. The molecule has 1 aliphatic rings. The first-order chi connectivity index (χ1) is 12.2. The molecular weight excluding hydrogens is 316 g/mol. The highest BCUT2D eigenvalue weighted by molar-refractivity contribution is 5.30. The smallest absolute Gasteiger partial charge is 0.0831 e. The van der Waals surface area contributed by atoms with Crippen LogP contribution in [0.1, 0.15) is 11.7 Å². The van der Waals surface area contributed by atoms with Crippen LogP contribution in [-0.2, 0) is 6.54 Å². The van der Waals surface area contributed by atoms with Gasteiger partial charge >= 0.3 is 0 Å². The summed E-state index contributed by atoms with van der Waals surface area (Å²) in [6, 6.07) is 6.73. The maximum Gasteiger partial charge on any atom is 0.0831 e. The fourth-order valence-electron chi connectivity index (χ4n) is 3.54. The van der Waals surface area contributed by atoms with Crippen LogP contribution in [0.5, 0.6) is 0 Å². The van der Waals surface area contributed by atoms with Crippen LogP contribution in [0.3, 0.4) is 0 Å². The molecule has 8 nitrogen and oxygen atoms in total. The Morgan fingerprint density at radius 2 is 1.92 bits per heavy atom. The minimum atomic E-state index is 0.301. The van der Waals surface area contributed by atoms with Gasteiger partial charge in [0.2, 0.25) is 0 Å². The number of likely N-dealkylation sites (N-methyl/N-ethyl adjacent to an activating group) is 1. The molecule has 0 aromatic carbocycles. The summed E-state index contributed by atoms with van der Waals surface area (Å²) in [7, 11) is 4.25. The highest BCUT2D eigenvalue weighted by Crippen LogP contribution is 2.26. The Labute approximate surface area is 146 Å². The van der Waals surface area contributed by atoms with Gasteiger partial charge in [-0.3, -0.25) is 9.88 Å². The summed E-state index contributed by atoms with van der Waals surface area (Å²) < 4.78 is 3.96. The molecule has 0 spiro atoms. The fourth-order valence-corrected chi connectivity index (χ4v) is 3.54. The summed E-state index contributed by atoms with van der Waals surface area (Å²) in [6.07, 6.45) is 9.13. The van der Waals surface area contributed by atoms with Crippen molar-refractivity contribution < 1.29 is 0 Å². The van der Waals surface area contributed by atoms with Gasteiger partial charge in [0.1, 0.15) is 0 Å². The molecule has 130 valence electrons. The van der Waals surface area contributed by atoms with E-state index in [2.05, 4.69) is 50.4 Å². The molecule has 4 rings (SSSR count). The highest BCUT2D eigenvalue weighted by atomic mass is 15.5. The number of nitrogens with zero attached hydrogens (tertiary/aromatic N) is 8. The standard InChI is InChI=1S/C17H22N8/c1-22(2)16-12-23(13-17(16)24-10-9-19-21-24)11-15-5-8-20-25(15)14-3-6-18-7-4-14/h3-10,16-17H,11-13H2,1-2H3/t16-,17+/m1/s1. The SMILES string of the molecule is CN(C)[C@@H]1CN(Cc2ccnn2-c2ccncc2)C[C@@H]1n1ccnn1. The molecule has 1 fully saturated rings. The third kappa shape index (κ3) is 3.18. The van der Waals surface area contributed by atoms with E-state index >= 15 is 0 Å². The molecule has 3 aromatic heterocycles. The number of likely N-dealkylation sites (tertiary alicyclic amines) is 1. The van der Waals surface area contributed by atoms with Crippen molar-refractivity contribution in [3.8, 4) is 5.69 Å². The van der Waals surface area contributed by atoms with Crippen molar-refractivity contribution in [2.75, 3.05) is 27.2 Å². The first kappa shape index (κ1) is 15.9. The normalized spacial score (nSPS) is 21.2. The van der Waals surface area contributed by atoms with Gasteiger partial charge in [0.15, 0.2) is 0 Å². The molecule has 0 unspecified atom stereocenters. The van der Waals surface area contributed by atoms with Crippen LogP contribution in [0.2, 0.25) is 0 Å². The highest BCUT2D eigenvalue weighted by Gasteiger charge is 2.36. The van der Waals surface area contributed by atoms with E-state index in [-0.39, 0.29) is 0 Å². The molecule has 2 atom stereocenters. The molecule has 0 aliphatic carbocycles. The van der Waals surface area contributed by atoms with Crippen molar-refractivity contribution in [1.29, 1.82) is 0 Å². The zero-order valence-corrected chi connectivity index (χ0v) is 14.5. The van der Waals surface area contributed by atoms with E-state index in [1.54, 1.807) is 18.6 Å². The van der Waals surface area contributed by atoms with Gasteiger partial charge in [-0.25, -0.2) is 9.36 Å².